The van der Waals surface area contributed by atoms with E-state index in [-0.39, 0.29) is 5.54 Å². The predicted octanol–water partition coefficient (Wildman–Crippen LogP) is 1.61. The lowest BCUT2D eigenvalue weighted by Crippen LogP contribution is -2.55. The second-order valence-electron chi connectivity index (χ2n) is 6.52. The Hall–Kier alpha value is -0.610. The van der Waals surface area contributed by atoms with Crippen molar-refractivity contribution in [1.29, 1.82) is 0 Å². The first-order valence-electron chi connectivity index (χ1n) is 7.63. The molecule has 2 unspecified atom stereocenters. The zero-order valence-electron chi connectivity index (χ0n) is 13.3. The van der Waals surface area contributed by atoms with Crippen LogP contribution in [0.2, 0.25) is 0 Å². The number of hydrogen-bond acceptors (Lipinski definition) is 3. The van der Waals surface area contributed by atoms with Gasteiger partial charge in [-0.05, 0) is 53.5 Å². The summed E-state index contributed by atoms with van der Waals surface area (Å²) in [5.74, 6) is 0.756. The van der Waals surface area contributed by atoms with E-state index in [2.05, 4.69) is 45.3 Å². The monoisotopic (exact) mass is 269 g/mol. The largest absolute Gasteiger partial charge is 0.343 e. The Kier molecular flexibility index (Phi) is 6.27. The van der Waals surface area contributed by atoms with Gasteiger partial charge in [-0.2, -0.15) is 0 Å². The van der Waals surface area contributed by atoms with Crippen molar-refractivity contribution in [3.05, 3.63) is 0 Å². The van der Waals surface area contributed by atoms with Crippen LogP contribution in [-0.4, -0.2) is 48.6 Å². The molecule has 1 rings (SSSR count). The molecule has 2 N–H and O–H groups in total. The van der Waals surface area contributed by atoms with Crippen LogP contribution in [0.5, 0.6) is 0 Å². The maximum absolute atomic E-state index is 12.3. The molecule has 1 fully saturated rings. The van der Waals surface area contributed by atoms with Crippen molar-refractivity contribution in [3.63, 3.8) is 0 Å². The number of carbonyl (C=O) groups is 1. The lowest BCUT2D eigenvalue weighted by atomic mass is 9.87. The summed E-state index contributed by atoms with van der Waals surface area (Å²) in [6.45, 7) is 14.3. The van der Waals surface area contributed by atoms with Crippen molar-refractivity contribution < 1.29 is 4.79 Å². The quantitative estimate of drug-likeness (QED) is 0.797. The summed E-state index contributed by atoms with van der Waals surface area (Å²) < 4.78 is 0. The Labute approximate surface area is 118 Å². The first-order chi connectivity index (χ1) is 8.87. The van der Waals surface area contributed by atoms with Crippen molar-refractivity contribution in [2.45, 2.75) is 59.0 Å². The summed E-state index contributed by atoms with van der Waals surface area (Å²) in [5.41, 5.74) is 0.0974. The van der Waals surface area contributed by atoms with Crippen LogP contribution in [0.25, 0.3) is 0 Å². The number of nitrogens with zero attached hydrogens (tertiary/aromatic N) is 1. The van der Waals surface area contributed by atoms with Gasteiger partial charge < -0.3 is 15.5 Å². The molecule has 0 radical (unpaired) electrons. The van der Waals surface area contributed by atoms with E-state index in [0.29, 0.717) is 24.3 Å². The van der Waals surface area contributed by atoms with E-state index in [1.807, 2.05) is 4.90 Å². The van der Waals surface area contributed by atoms with Crippen LogP contribution in [0.4, 0.5) is 0 Å². The van der Waals surface area contributed by atoms with Crippen molar-refractivity contribution in [1.82, 2.24) is 15.5 Å². The normalized spacial score (nSPS) is 24.3. The molecule has 4 nitrogen and oxygen atoms in total. The Bertz CT molecular complexity index is 282. The second kappa shape index (κ2) is 7.25. The van der Waals surface area contributed by atoms with Crippen molar-refractivity contribution >= 4 is 5.91 Å². The smallest absolute Gasteiger partial charge is 0.222 e. The Balaban J connectivity index is 2.59. The molecule has 0 aliphatic carbocycles. The molecule has 1 saturated heterocycles. The minimum absolute atomic E-state index is 0.0974. The Morgan fingerprint density at radius 3 is 2.47 bits per heavy atom. The zero-order valence-corrected chi connectivity index (χ0v) is 13.3. The lowest BCUT2D eigenvalue weighted by molar-refractivity contribution is -0.132. The molecular weight excluding hydrogens is 238 g/mol. The average molecular weight is 269 g/mol. The van der Waals surface area contributed by atoms with Gasteiger partial charge in [-0.25, -0.2) is 0 Å². The van der Waals surface area contributed by atoms with Crippen LogP contribution in [0.3, 0.4) is 0 Å². The summed E-state index contributed by atoms with van der Waals surface area (Å²) in [6.07, 6.45) is 1.76. The van der Waals surface area contributed by atoms with Gasteiger partial charge in [0.15, 0.2) is 0 Å². The number of amides is 1. The van der Waals surface area contributed by atoms with Gasteiger partial charge in [-0.1, -0.05) is 0 Å². The topological polar surface area (TPSA) is 44.4 Å². The van der Waals surface area contributed by atoms with Crippen LogP contribution < -0.4 is 10.6 Å². The highest BCUT2D eigenvalue weighted by molar-refractivity contribution is 5.76. The van der Waals surface area contributed by atoms with E-state index >= 15 is 0 Å². The van der Waals surface area contributed by atoms with Gasteiger partial charge in [0.25, 0.3) is 0 Å². The number of piperidine rings is 1. The van der Waals surface area contributed by atoms with Gasteiger partial charge >= 0.3 is 0 Å². The molecule has 0 aromatic carbocycles. The first-order valence-corrected chi connectivity index (χ1v) is 7.63. The number of rotatable bonds is 5. The van der Waals surface area contributed by atoms with Gasteiger partial charge in [0.1, 0.15) is 0 Å². The van der Waals surface area contributed by atoms with E-state index in [0.717, 1.165) is 32.6 Å². The Morgan fingerprint density at radius 2 is 1.95 bits per heavy atom. The SMILES string of the molecule is CCN(CC)C(=O)CC1CCNCC1NC(C)(C)C. The molecule has 0 saturated carbocycles. The number of nitrogens with one attached hydrogen (secondary N) is 2. The van der Waals surface area contributed by atoms with Gasteiger partial charge in [0.05, 0.1) is 0 Å². The van der Waals surface area contributed by atoms with Gasteiger partial charge in [-0.3, -0.25) is 4.79 Å². The highest BCUT2D eigenvalue weighted by Gasteiger charge is 2.30. The van der Waals surface area contributed by atoms with Crippen molar-refractivity contribution in [2.75, 3.05) is 26.2 Å². The minimum Gasteiger partial charge on any atom is -0.343 e. The molecule has 112 valence electrons. The molecule has 1 aliphatic heterocycles. The van der Waals surface area contributed by atoms with Gasteiger partial charge in [0, 0.05) is 37.6 Å². The van der Waals surface area contributed by atoms with Crippen molar-refractivity contribution in [2.24, 2.45) is 5.92 Å². The second-order valence-corrected chi connectivity index (χ2v) is 6.52. The third-order valence-corrected chi connectivity index (χ3v) is 3.80. The third kappa shape index (κ3) is 5.49. The summed E-state index contributed by atoms with van der Waals surface area (Å²) >= 11 is 0. The van der Waals surface area contributed by atoms with Crippen LogP contribution in [0.15, 0.2) is 0 Å². The fraction of sp³-hybridized carbons (Fsp3) is 0.933. The molecule has 0 bridgehead atoms. The van der Waals surface area contributed by atoms with E-state index < -0.39 is 0 Å². The first kappa shape index (κ1) is 16.4. The van der Waals surface area contributed by atoms with Crippen LogP contribution in [0, 0.1) is 5.92 Å². The fourth-order valence-electron chi connectivity index (χ4n) is 2.81. The number of hydrogen-bond donors (Lipinski definition) is 2. The molecule has 1 heterocycles. The van der Waals surface area contributed by atoms with Gasteiger partial charge in [0.2, 0.25) is 5.91 Å². The number of carbonyl (C=O) groups excluding carboxylic acids is 1. The molecule has 4 heteroatoms. The highest BCUT2D eigenvalue weighted by Crippen LogP contribution is 2.20. The molecule has 19 heavy (non-hydrogen) atoms. The molecule has 1 aliphatic rings. The third-order valence-electron chi connectivity index (χ3n) is 3.80. The van der Waals surface area contributed by atoms with Crippen LogP contribution in [-0.2, 0) is 4.79 Å². The Morgan fingerprint density at radius 1 is 1.32 bits per heavy atom. The molecule has 0 aromatic heterocycles. The molecule has 0 spiro atoms. The van der Waals surface area contributed by atoms with Crippen LogP contribution >= 0.6 is 0 Å². The molecule has 2 atom stereocenters. The zero-order chi connectivity index (χ0) is 14.5. The maximum Gasteiger partial charge on any atom is 0.222 e. The fourth-order valence-corrected chi connectivity index (χ4v) is 2.81. The molecular formula is C15H31N3O. The van der Waals surface area contributed by atoms with Gasteiger partial charge in [-0.15, -0.1) is 0 Å². The average Bonchev–Trinajstić information content (AvgIpc) is 2.31. The molecule has 0 aromatic rings. The summed E-state index contributed by atoms with van der Waals surface area (Å²) in [5, 5.41) is 7.09. The van der Waals surface area contributed by atoms with E-state index in [1.54, 1.807) is 0 Å². The van der Waals surface area contributed by atoms with E-state index in [9.17, 15) is 4.79 Å². The van der Waals surface area contributed by atoms with E-state index in [1.165, 1.54) is 0 Å². The summed E-state index contributed by atoms with van der Waals surface area (Å²) in [6, 6.07) is 0.397. The van der Waals surface area contributed by atoms with Crippen molar-refractivity contribution in [3.8, 4) is 0 Å². The van der Waals surface area contributed by atoms with Crippen LogP contribution in [0.1, 0.15) is 47.5 Å². The minimum atomic E-state index is 0.0974. The maximum atomic E-state index is 12.3. The highest BCUT2D eigenvalue weighted by atomic mass is 16.2. The lowest BCUT2D eigenvalue weighted by Gasteiger charge is -2.38. The molecule has 1 amide bonds. The van der Waals surface area contributed by atoms with E-state index in [4.69, 9.17) is 0 Å². The standard InChI is InChI=1S/C15H31N3O/c1-6-18(7-2)14(19)10-12-8-9-16-11-13(12)17-15(3,4)5/h12-13,16-17H,6-11H2,1-5H3. The summed E-state index contributed by atoms with van der Waals surface area (Å²) in [7, 11) is 0. The predicted molar refractivity (Wildman–Crippen MR) is 80.2 cm³/mol. The summed E-state index contributed by atoms with van der Waals surface area (Å²) in [4.78, 5) is 14.2.